The van der Waals surface area contributed by atoms with E-state index < -0.39 is 29.3 Å². The van der Waals surface area contributed by atoms with E-state index in [1.165, 1.54) is 5.39 Å². The molecule has 3 aliphatic rings. The monoisotopic (exact) mass is 566 g/mol. The second-order valence-electron chi connectivity index (χ2n) is 10.8. The van der Waals surface area contributed by atoms with E-state index in [0.29, 0.717) is 25.9 Å². The number of piperazine rings is 1. The molecule has 1 aromatic heterocycles. The van der Waals surface area contributed by atoms with E-state index in [1.807, 2.05) is 12.3 Å². The van der Waals surface area contributed by atoms with E-state index in [0.717, 1.165) is 75.7 Å². The number of nitrogens with two attached hydrogens (primary N) is 1. The lowest BCUT2D eigenvalue weighted by Crippen LogP contribution is -2.63. The molecule has 5 rings (SSSR count). The fourth-order valence-electron chi connectivity index (χ4n) is 6.75. The van der Waals surface area contributed by atoms with Crippen LogP contribution in [0.5, 0.6) is 0 Å². The van der Waals surface area contributed by atoms with Gasteiger partial charge in [-0.15, -0.1) is 24.8 Å². The Balaban J connectivity index is 0.00000200. The summed E-state index contributed by atoms with van der Waals surface area (Å²) < 4.78 is 5.56. The first-order valence-corrected chi connectivity index (χ1v) is 13.6. The summed E-state index contributed by atoms with van der Waals surface area (Å²) in [5, 5.41) is 1.17. The molecule has 2 saturated carbocycles. The predicted molar refractivity (Wildman–Crippen MR) is 153 cm³/mol. The maximum Gasteiger partial charge on any atom is 0.321 e. The van der Waals surface area contributed by atoms with Crippen molar-refractivity contribution in [1.82, 2.24) is 9.88 Å². The number of aromatic amines is 1. The number of esters is 2. The number of fused-ring (bicyclic) bond motifs is 1. The quantitative estimate of drug-likeness (QED) is 0.391. The van der Waals surface area contributed by atoms with Crippen molar-refractivity contribution in [3.05, 3.63) is 30.5 Å². The minimum atomic E-state index is -1.06. The number of hydrogen-bond acceptors (Lipinski definition) is 6. The predicted octanol–water partition coefficient (Wildman–Crippen LogP) is 4.59. The van der Waals surface area contributed by atoms with Crippen molar-refractivity contribution in [2.75, 3.05) is 31.1 Å². The molecule has 1 aromatic carbocycles. The Labute approximate surface area is 236 Å². The van der Waals surface area contributed by atoms with Crippen LogP contribution in [0.4, 0.5) is 5.69 Å². The molecule has 210 valence electrons. The van der Waals surface area contributed by atoms with Crippen LogP contribution in [0.3, 0.4) is 0 Å². The van der Waals surface area contributed by atoms with Gasteiger partial charge in [-0.25, -0.2) is 0 Å². The van der Waals surface area contributed by atoms with Crippen molar-refractivity contribution >= 4 is 59.3 Å². The smallest absolute Gasteiger partial charge is 0.321 e. The van der Waals surface area contributed by atoms with Crippen LogP contribution in [-0.2, 0) is 19.1 Å². The molecule has 10 heteroatoms. The summed E-state index contributed by atoms with van der Waals surface area (Å²) in [6.45, 7) is 2.67. The summed E-state index contributed by atoms with van der Waals surface area (Å²) in [6.07, 6.45) is 10.3. The van der Waals surface area contributed by atoms with Gasteiger partial charge < -0.3 is 20.4 Å². The van der Waals surface area contributed by atoms with Gasteiger partial charge in [-0.05, 0) is 43.9 Å². The summed E-state index contributed by atoms with van der Waals surface area (Å²) in [6, 6.07) is 7.54. The van der Waals surface area contributed by atoms with E-state index in [2.05, 4.69) is 33.0 Å². The summed E-state index contributed by atoms with van der Waals surface area (Å²) in [4.78, 5) is 47.1. The number of benzene rings is 1. The Morgan fingerprint density at radius 2 is 1.58 bits per heavy atom. The highest BCUT2D eigenvalue weighted by atomic mass is 35.5. The third kappa shape index (κ3) is 5.97. The molecule has 0 radical (unpaired) electrons. The van der Waals surface area contributed by atoms with Crippen LogP contribution < -0.4 is 10.6 Å². The molecule has 3 N–H and O–H groups in total. The van der Waals surface area contributed by atoms with E-state index >= 15 is 0 Å². The molecule has 8 nitrogen and oxygen atoms in total. The van der Waals surface area contributed by atoms with Crippen LogP contribution >= 0.6 is 24.8 Å². The lowest BCUT2D eigenvalue weighted by Gasteiger charge is -2.47. The number of carbonyl (C=O) groups excluding carboxylic acids is 3. The minimum absolute atomic E-state index is 0. The molecule has 1 saturated heterocycles. The standard InChI is InChI=1S/C28H38N4O4.2ClH/c29-25(33)24(32-18-16-31(17-19-32)23-11-7-10-22-21(23)12-15-30-22)28(13-5-2-6-14-28)27(35)36-26(34)20-8-3-1-4-9-20;;/h7,10-12,15,20,24,30H,1-6,8-9,13-14,16-19H2,(H2,29,33);2*1H. The van der Waals surface area contributed by atoms with Crippen molar-refractivity contribution in [3.63, 3.8) is 0 Å². The van der Waals surface area contributed by atoms with Crippen LogP contribution in [0, 0.1) is 11.3 Å². The largest absolute Gasteiger partial charge is 0.392 e. The molecule has 1 unspecified atom stereocenters. The number of nitrogens with one attached hydrogen (secondary N) is 1. The summed E-state index contributed by atoms with van der Waals surface area (Å²) >= 11 is 0. The van der Waals surface area contributed by atoms with E-state index in [9.17, 15) is 14.4 Å². The fraction of sp³-hybridized carbons (Fsp3) is 0.607. The number of halogens is 2. The third-order valence-corrected chi connectivity index (χ3v) is 8.67. The Morgan fingerprint density at radius 3 is 2.24 bits per heavy atom. The normalized spacial score (nSPS) is 21.1. The van der Waals surface area contributed by atoms with E-state index in [-0.39, 0.29) is 30.7 Å². The summed E-state index contributed by atoms with van der Waals surface area (Å²) in [5.41, 5.74) is 7.21. The number of anilines is 1. The molecule has 0 bridgehead atoms. The number of hydrogen-bond donors (Lipinski definition) is 2. The topological polar surface area (TPSA) is 109 Å². The van der Waals surface area contributed by atoms with E-state index in [4.69, 9.17) is 10.5 Å². The maximum absolute atomic E-state index is 13.7. The number of H-pyrrole nitrogens is 1. The lowest BCUT2D eigenvalue weighted by atomic mass is 9.68. The Kier molecular flexibility index (Phi) is 10.5. The molecule has 2 heterocycles. The molecular formula is C28H40Cl2N4O4. The number of aromatic nitrogens is 1. The number of rotatable bonds is 6. The highest BCUT2D eigenvalue weighted by Crippen LogP contribution is 2.43. The zero-order valence-corrected chi connectivity index (χ0v) is 23.5. The average Bonchev–Trinajstić information content (AvgIpc) is 3.39. The first-order chi connectivity index (χ1) is 17.5. The van der Waals surface area contributed by atoms with Crippen LogP contribution in [-0.4, -0.2) is 60.0 Å². The van der Waals surface area contributed by atoms with Gasteiger partial charge in [0.05, 0.1) is 11.3 Å². The SMILES string of the molecule is Cl.Cl.NC(=O)C(N1CCN(c2cccc3[nH]ccc23)CC1)C1(C(=O)OC(=O)C2CCCCC2)CCCCC1. The van der Waals surface area contributed by atoms with Crippen molar-refractivity contribution in [1.29, 1.82) is 0 Å². The number of primary amides is 1. The minimum Gasteiger partial charge on any atom is -0.392 e. The van der Waals surface area contributed by atoms with Gasteiger partial charge in [-0.2, -0.15) is 0 Å². The lowest BCUT2D eigenvalue weighted by molar-refractivity contribution is -0.177. The van der Waals surface area contributed by atoms with Crippen molar-refractivity contribution < 1.29 is 19.1 Å². The van der Waals surface area contributed by atoms with Crippen LogP contribution in [0.25, 0.3) is 10.9 Å². The van der Waals surface area contributed by atoms with Gasteiger partial charge in [-0.1, -0.05) is 44.6 Å². The molecule has 2 aromatic rings. The molecule has 2 aliphatic carbocycles. The molecule has 1 amide bonds. The second kappa shape index (κ2) is 13.2. The van der Waals surface area contributed by atoms with Crippen molar-refractivity contribution in [2.24, 2.45) is 17.1 Å². The van der Waals surface area contributed by atoms with Gasteiger partial charge in [0.2, 0.25) is 5.91 Å². The van der Waals surface area contributed by atoms with Crippen molar-refractivity contribution in [3.8, 4) is 0 Å². The van der Waals surface area contributed by atoms with Crippen molar-refractivity contribution in [2.45, 2.75) is 70.3 Å². The number of amides is 1. The average molecular weight is 568 g/mol. The molecule has 0 spiro atoms. The van der Waals surface area contributed by atoms with Crippen LogP contribution in [0.2, 0.25) is 0 Å². The molecular weight excluding hydrogens is 527 g/mol. The highest BCUT2D eigenvalue weighted by molar-refractivity contribution is 5.95. The summed E-state index contributed by atoms with van der Waals surface area (Å²) in [7, 11) is 0. The Hall–Kier alpha value is -2.29. The molecule has 1 atom stereocenters. The molecule has 1 aliphatic heterocycles. The Morgan fingerprint density at radius 1 is 0.921 bits per heavy atom. The zero-order valence-electron chi connectivity index (χ0n) is 21.9. The van der Waals surface area contributed by atoms with Crippen LogP contribution in [0.15, 0.2) is 30.5 Å². The highest BCUT2D eigenvalue weighted by Gasteiger charge is 2.53. The maximum atomic E-state index is 13.7. The van der Waals surface area contributed by atoms with Gasteiger partial charge in [0, 0.05) is 49.0 Å². The number of nitrogens with zero attached hydrogens (tertiary/aromatic N) is 2. The Bertz CT molecular complexity index is 1100. The van der Waals surface area contributed by atoms with Gasteiger partial charge in [0.1, 0.15) is 6.04 Å². The number of carbonyl (C=O) groups is 3. The van der Waals surface area contributed by atoms with Gasteiger partial charge in [-0.3, -0.25) is 19.3 Å². The summed E-state index contributed by atoms with van der Waals surface area (Å²) in [5.74, 6) is -1.67. The third-order valence-electron chi connectivity index (χ3n) is 8.67. The first kappa shape index (κ1) is 30.3. The van der Waals surface area contributed by atoms with Gasteiger partial charge in [0.25, 0.3) is 0 Å². The number of ether oxygens (including phenoxy) is 1. The first-order valence-electron chi connectivity index (χ1n) is 13.6. The fourth-order valence-corrected chi connectivity index (χ4v) is 6.75. The van der Waals surface area contributed by atoms with E-state index in [1.54, 1.807) is 0 Å². The molecule has 3 fully saturated rings. The van der Waals surface area contributed by atoms with Crippen LogP contribution in [0.1, 0.15) is 64.2 Å². The molecule has 38 heavy (non-hydrogen) atoms. The van der Waals surface area contributed by atoms with Gasteiger partial charge in [0.15, 0.2) is 0 Å². The van der Waals surface area contributed by atoms with Gasteiger partial charge >= 0.3 is 11.9 Å². The second-order valence-corrected chi connectivity index (χ2v) is 10.8. The zero-order chi connectivity index (χ0) is 25.1.